The van der Waals surface area contributed by atoms with E-state index in [1.54, 1.807) is 19.1 Å². The topological polar surface area (TPSA) is 91.1 Å². The molecule has 1 heterocycles. The number of benzene rings is 2. The quantitative estimate of drug-likeness (QED) is 0.585. The lowest BCUT2D eigenvalue weighted by Gasteiger charge is -2.13. The standard InChI is InChI=1S/C19H17F2N3O3S/c1-12(13-6-8-14(20)9-7-13)23-19(25)18-10-15(11-22-18)28(26,27)24-17-5-3-2-4-16(17)21/h2-12,22,24H,1H3,(H,23,25)/t12-/m1/s1. The molecule has 9 heteroatoms. The van der Waals surface area contributed by atoms with Gasteiger partial charge in [-0.25, -0.2) is 17.2 Å². The lowest BCUT2D eigenvalue weighted by Crippen LogP contribution is -2.26. The molecule has 1 aromatic heterocycles. The van der Waals surface area contributed by atoms with Crippen molar-refractivity contribution in [2.24, 2.45) is 0 Å². The van der Waals surface area contributed by atoms with Crippen molar-refractivity contribution in [3.8, 4) is 0 Å². The van der Waals surface area contributed by atoms with Crippen LogP contribution in [0.2, 0.25) is 0 Å². The fraction of sp³-hybridized carbons (Fsp3) is 0.105. The van der Waals surface area contributed by atoms with Crippen LogP contribution in [-0.4, -0.2) is 19.3 Å². The van der Waals surface area contributed by atoms with Crippen LogP contribution < -0.4 is 10.0 Å². The van der Waals surface area contributed by atoms with Crippen LogP contribution in [0.15, 0.2) is 65.7 Å². The van der Waals surface area contributed by atoms with Gasteiger partial charge in [0.15, 0.2) is 0 Å². The number of amides is 1. The smallest absolute Gasteiger partial charge is 0.268 e. The van der Waals surface area contributed by atoms with E-state index in [9.17, 15) is 22.0 Å². The molecule has 0 aliphatic rings. The van der Waals surface area contributed by atoms with Crippen LogP contribution in [0.4, 0.5) is 14.5 Å². The molecule has 1 amide bonds. The normalized spacial score (nSPS) is 12.4. The van der Waals surface area contributed by atoms with E-state index in [2.05, 4.69) is 15.0 Å². The SMILES string of the molecule is C[C@@H](NC(=O)c1cc(S(=O)(=O)Nc2ccccc2F)c[nH]1)c1ccc(F)cc1. The van der Waals surface area contributed by atoms with E-state index in [1.807, 2.05) is 0 Å². The Kier molecular flexibility index (Phi) is 5.46. The largest absolute Gasteiger partial charge is 0.356 e. The number of rotatable bonds is 6. The van der Waals surface area contributed by atoms with Gasteiger partial charge in [-0.1, -0.05) is 24.3 Å². The average Bonchev–Trinajstić information content (AvgIpc) is 3.15. The predicted molar refractivity (Wildman–Crippen MR) is 100 cm³/mol. The Morgan fingerprint density at radius 3 is 2.43 bits per heavy atom. The van der Waals surface area contributed by atoms with E-state index in [0.717, 1.165) is 18.3 Å². The van der Waals surface area contributed by atoms with Crippen molar-refractivity contribution >= 4 is 21.6 Å². The molecule has 0 aliphatic carbocycles. The first kappa shape index (κ1) is 19.6. The number of hydrogen-bond acceptors (Lipinski definition) is 3. The van der Waals surface area contributed by atoms with Crippen LogP contribution in [0.25, 0.3) is 0 Å². The third-order valence-corrected chi connectivity index (χ3v) is 5.39. The fourth-order valence-corrected chi connectivity index (χ4v) is 3.58. The van der Waals surface area contributed by atoms with E-state index in [-0.39, 0.29) is 22.1 Å². The Bertz CT molecular complexity index is 1100. The van der Waals surface area contributed by atoms with Gasteiger partial charge in [0, 0.05) is 6.20 Å². The van der Waals surface area contributed by atoms with Crippen molar-refractivity contribution in [2.45, 2.75) is 17.9 Å². The molecule has 3 N–H and O–H groups in total. The molecule has 0 aliphatic heterocycles. The van der Waals surface area contributed by atoms with Crippen molar-refractivity contribution in [1.82, 2.24) is 10.3 Å². The van der Waals surface area contributed by atoms with E-state index < -0.39 is 27.8 Å². The van der Waals surface area contributed by atoms with Crippen LogP contribution >= 0.6 is 0 Å². The fourth-order valence-electron chi connectivity index (χ4n) is 2.52. The number of hydrogen-bond donors (Lipinski definition) is 3. The highest BCUT2D eigenvalue weighted by Crippen LogP contribution is 2.20. The highest BCUT2D eigenvalue weighted by molar-refractivity contribution is 7.92. The van der Waals surface area contributed by atoms with Crippen LogP contribution in [0.1, 0.15) is 29.0 Å². The molecule has 0 spiro atoms. The molecule has 28 heavy (non-hydrogen) atoms. The molecule has 0 bridgehead atoms. The molecule has 2 aromatic carbocycles. The minimum atomic E-state index is -4.08. The first-order valence-electron chi connectivity index (χ1n) is 8.28. The minimum absolute atomic E-state index is 0.0165. The lowest BCUT2D eigenvalue weighted by molar-refractivity contribution is 0.0935. The zero-order chi connectivity index (χ0) is 20.3. The van der Waals surface area contributed by atoms with Crippen LogP contribution in [-0.2, 0) is 10.0 Å². The second kappa shape index (κ2) is 7.81. The Balaban J connectivity index is 1.73. The Morgan fingerprint density at radius 1 is 1.07 bits per heavy atom. The van der Waals surface area contributed by atoms with E-state index in [4.69, 9.17) is 0 Å². The maximum absolute atomic E-state index is 13.7. The van der Waals surface area contributed by atoms with Crippen LogP contribution in [0.5, 0.6) is 0 Å². The van der Waals surface area contributed by atoms with Gasteiger partial charge in [-0.2, -0.15) is 0 Å². The molecule has 0 unspecified atom stereocenters. The predicted octanol–water partition coefficient (Wildman–Crippen LogP) is 3.58. The number of anilines is 1. The molecule has 146 valence electrons. The maximum Gasteiger partial charge on any atom is 0.268 e. The van der Waals surface area contributed by atoms with Gasteiger partial charge in [0.1, 0.15) is 22.2 Å². The van der Waals surface area contributed by atoms with Crippen molar-refractivity contribution in [3.63, 3.8) is 0 Å². The van der Waals surface area contributed by atoms with Crippen LogP contribution in [0, 0.1) is 11.6 Å². The number of para-hydroxylation sites is 1. The highest BCUT2D eigenvalue weighted by Gasteiger charge is 2.20. The number of aromatic amines is 1. The summed E-state index contributed by atoms with van der Waals surface area (Å²) in [4.78, 5) is 14.7. The maximum atomic E-state index is 13.7. The summed E-state index contributed by atoms with van der Waals surface area (Å²) in [6, 6.07) is 11.7. The van der Waals surface area contributed by atoms with Gasteiger partial charge >= 0.3 is 0 Å². The summed E-state index contributed by atoms with van der Waals surface area (Å²) in [5, 5.41) is 2.69. The van der Waals surface area contributed by atoms with Crippen molar-refractivity contribution in [1.29, 1.82) is 0 Å². The summed E-state index contributed by atoms with van der Waals surface area (Å²) >= 11 is 0. The van der Waals surface area contributed by atoms with Crippen molar-refractivity contribution < 1.29 is 22.0 Å². The molecular formula is C19H17F2N3O3S. The number of carbonyl (C=O) groups is 1. The zero-order valence-corrected chi connectivity index (χ0v) is 15.6. The number of H-pyrrole nitrogens is 1. The minimum Gasteiger partial charge on any atom is -0.356 e. The number of halogens is 2. The first-order valence-corrected chi connectivity index (χ1v) is 9.76. The van der Waals surface area contributed by atoms with Gasteiger partial charge in [0.2, 0.25) is 0 Å². The van der Waals surface area contributed by atoms with E-state index in [1.165, 1.54) is 30.3 Å². The number of aromatic nitrogens is 1. The highest BCUT2D eigenvalue weighted by atomic mass is 32.2. The lowest BCUT2D eigenvalue weighted by atomic mass is 10.1. The number of nitrogens with one attached hydrogen (secondary N) is 3. The molecule has 0 fully saturated rings. The first-order chi connectivity index (χ1) is 13.3. The second-order valence-electron chi connectivity index (χ2n) is 6.08. The Hall–Kier alpha value is -3.20. The second-order valence-corrected chi connectivity index (χ2v) is 7.76. The Morgan fingerprint density at radius 2 is 1.75 bits per heavy atom. The van der Waals surface area contributed by atoms with Crippen molar-refractivity contribution in [2.75, 3.05) is 4.72 Å². The number of carbonyl (C=O) groups excluding carboxylic acids is 1. The third-order valence-electron chi connectivity index (χ3n) is 4.05. The molecule has 1 atom stereocenters. The summed E-state index contributed by atoms with van der Waals surface area (Å²) in [5.41, 5.74) is 0.512. The van der Waals surface area contributed by atoms with Gasteiger partial charge in [0.25, 0.3) is 15.9 Å². The molecule has 0 saturated carbocycles. The average molecular weight is 405 g/mol. The summed E-state index contributed by atoms with van der Waals surface area (Å²) < 4.78 is 53.6. The monoisotopic (exact) mass is 405 g/mol. The molecule has 3 aromatic rings. The summed E-state index contributed by atoms with van der Waals surface area (Å²) in [7, 11) is -4.08. The summed E-state index contributed by atoms with van der Waals surface area (Å²) in [6.45, 7) is 1.71. The molecule has 0 saturated heterocycles. The van der Waals surface area contributed by atoms with Crippen molar-refractivity contribution in [3.05, 3.63) is 83.7 Å². The molecule has 0 radical (unpaired) electrons. The van der Waals surface area contributed by atoms with Gasteiger partial charge in [-0.3, -0.25) is 9.52 Å². The van der Waals surface area contributed by atoms with Crippen LogP contribution in [0.3, 0.4) is 0 Å². The third kappa shape index (κ3) is 4.37. The van der Waals surface area contributed by atoms with E-state index >= 15 is 0 Å². The summed E-state index contributed by atoms with van der Waals surface area (Å²) in [5.74, 6) is -1.64. The van der Waals surface area contributed by atoms with Gasteiger partial charge in [0.05, 0.1) is 11.7 Å². The summed E-state index contributed by atoms with van der Waals surface area (Å²) in [6.07, 6.45) is 1.14. The van der Waals surface area contributed by atoms with Gasteiger partial charge < -0.3 is 10.3 Å². The molecule has 6 nitrogen and oxygen atoms in total. The Labute approximate surface area is 160 Å². The zero-order valence-electron chi connectivity index (χ0n) is 14.7. The van der Waals surface area contributed by atoms with E-state index in [0.29, 0.717) is 5.56 Å². The molecular weight excluding hydrogens is 388 g/mol. The molecule has 3 rings (SSSR count). The number of sulfonamides is 1. The van der Waals surface area contributed by atoms with Gasteiger partial charge in [-0.05, 0) is 42.8 Å². The van der Waals surface area contributed by atoms with Gasteiger partial charge in [-0.15, -0.1) is 0 Å².